The maximum absolute atomic E-state index is 5.21. The van der Waals surface area contributed by atoms with Crippen molar-refractivity contribution in [3.05, 3.63) is 246 Å². The molecule has 0 saturated heterocycles. The van der Waals surface area contributed by atoms with E-state index in [1.807, 2.05) is 0 Å². The zero-order valence-corrected chi connectivity index (χ0v) is 32.7. The lowest BCUT2D eigenvalue weighted by Gasteiger charge is -2.46. The van der Waals surface area contributed by atoms with Crippen molar-refractivity contribution in [2.24, 2.45) is 0 Å². The summed E-state index contributed by atoms with van der Waals surface area (Å²) in [6.07, 6.45) is 0. The van der Waals surface area contributed by atoms with Gasteiger partial charge in [-0.15, -0.1) is 0 Å². The molecular formula is C57H41N. The molecular weight excluding hydrogens is 699 g/mol. The van der Waals surface area contributed by atoms with Crippen LogP contribution in [0.5, 0.6) is 0 Å². The second-order valence-electron chi connectivity index (χ2n) is 16.3. The van der Waals surface area contributed by atoms with Crippen LogP contribution in [0.25, 0.3) is 67.0 Å². The second-order valence-corrected chi connectivity index (χ2v) is 16.3. The molecule has 0 saturated carbocycles. The lowest BCUT2D eigenvalue weighted by atomic mass is 9.55. The van der Waals surface area contributed by atoms with Crippen molar-refractivity contribution in [3.8, 4) is 67.0 Å². The molecule has 0 atom stereocenters. The predicted molar refractivity (Wildman–Crippen MR) is 241 cm³/mol. The molecule has 0 radical (unpaired) electrons. The van der Waals surface area contributed by atoms with Crippen molar-refractivity contribution >= 4 is 0 Å². The Hall–Kier alpha value is -7.09. The van der Waals surface area contributed by atoms with Crippen LogP contribution in [0.2, 0.25) is 0 Å². The molecule has 0 N–H and O–H groups in total. The first-order chi connectivity index (χ1) is 28.5. The van der Waals surface area contributed by atoms with Gasteiger partial charge in [-0.05, 0) is 96.1 Å². The highest BCUT2D eigenvalue weighted by molar-refractivity contribution is 5.96. The zero-order valence-electron chi connectivity index (χ0n) is 32.7. The van der Waals surface area contributed by atoms with E-state index in [4.69, 9.17) is 4.98 Å². The van der Waals surface area contributed by atoms with Crippen molar-refractivity contribution in [2.75, 3.05) is 0 Å². The molecule has 274 valence electrons. The maximum Gasteiger partial charge on any atom is 0.0719 e. The summed E-state index contributed by atoms with van der Waals surface area (Å²) in [4.78, 5) is 5.21. The summed E-state index contributed by atoms with van der Waals surface area (Å²) < 4.78 is 0. The van der Waals surface area contributed by atoms with Crippen LogP contribution in [0.15, 0.2) is 212 Å². The van der Waals surface area contributed by atoms with Crippen molar-refractivity contribution < 1.29 is 0 Å². The number of rotatable bonds is 5. The number of hydrogen-bond donors (Lipinski definition) is 0. The minimum absolute atomic E-state index is 0.119. The normalized spacial score (nSPS) is 14.0. The minimum Gasteiger partial charge on any atom is -0.248 e. The fourth-order valence-electron chi connectivity index (χ4n) is 10.1. The molecule has 58 heavy (non-hydrogen) atoms. The fourth-order valence-corrected chi connectivity index (χ4v) is 10.1. The van der Waals surface area contributed by atoms with Gasteiger partial charge in [0.05, 0.1) is 16.8 Å². The molecule has 1 heterocycles. The third-order valence-corrected chi connectivity index (χ3v) is 12.8. The summed E-state index contributed by atoms with van der Waals surface area (Å²) in [5.41, 5.74) is 21.7. The Morgan fingerprint density at radius 1 is 0.293 bits per heavy atom. The van der Waals surface area contributed by atoms with Crippen molar-refractivity contribution in [2.45, 2.75) is 24.7 Å². The lowest BCUT2D eigenvalue weighted by molar-refractivity contribution is 0.563. The Morgan fingerprint density at radius 2 is 0.741 bits per heavy atom. The third-order valence-electron chi connectivity index (χ3n) is 12.8. The first-order valence-electron chi connectivity index (χ1n) is 20.3. The van der Waals surface area contributed by atoms with Gasteiger partial charge in [0.2, 0.25) is 0 Å². The molecule has 0 aliphatic heterocycles. The van der Waals surface area contributed by atoms with Crippen molar-refractivity contribution in [1.29, 1.82) is 0 Å². The minimum atomic E-state index is -0.406. The van der Waals surface area contributed by atoms with Gasteiger partial charge in [-0.3, -0.25) is 0 Å². The van der Waals surface area contributed by atoms with E-state index in [2.05, 4.69) is 226 Å². The van der Waals surface area contributed by atoms with Crippen LogP contribution in [0.3, 0.4) is 0 Å². The first kappa shape index (κ1) is 34.2. The SMILES string of the molecule is CC1(C)c2ccccc2C2(c3ccccc3-c3c(-c4ccc(-c5cccc(-c6cc(-c7ccccc7)cc(-c7ccccc7)n6)c5)cc4)cccc32)c2ccccc21. The Morgan fingerprint density at radius 3 is 1.41 bits per heavy atom. The number of benzene rings is 8. The summed E-state index contributed by atoms with van der Waals surface area (Å²) in [6, 6.07) is 77.8. The van der Waals surface area contributed by atoms with Gasteiger partial charge in [-0.1, -0.05) is 208 Å². The number of fused-ring (bicyclic) bond motifs is 9. The molecule has 11 rings (SSSR count). The number of pyridine rings is 1. The van der Waals surface area contributed by atoms with Crippen LogP contribution in [-0.4, -0.2) is 4.98 Å². The molecule has 9 aromatic rings. The summed E-state index contributed by atoms with van der Waals surface area (Å²) in [5.74, 6) is 0. The van der Waals surface area contributed by atoms with E-state index >= 15 is 0 Å². The van der Waals surface area contributed by atoms with Crippen LogP contribution in [0.4, 0.5) is 0 Å². The van der Waals surface area contributed by atoms with Crippen LogP contribution >= 0.6 is 0 Å². The highest BCUT2D eigenvalue weighted by Crippen LogP contribution is 2.63. The predicted octanol–water partition coefficient (Wildman–Crippen LogP) is 14.4. The fraction of sp³-hybridized carbons (Fsp3) is 0.0702. The molecule has 1 heteroatoms. The molecule has 0 amide bonds. The van der Waals surface area contributed by atoms with Gasteiger partial charge >= 0.3 is 0 Å². The van der Waals surface area contributed by atoms with Crippen LogP contribution in [0, 0.1) is 0 Å². The molecule has 1 aromatic heterocycles. The number of hydrogen-bond acceptors (Lipinski definition) is 1. The lowest BCUT2D eigenvalue weighted by Crippen LogP contribution is -2.40. The van der Waals surface area contributed by atoms with Gasteiger partial charge in [-0.25, -0.2) is 4.98 Å². The summed E-state index contributed by atoms with van der Waals surface area (Å²) in [7, 11) is 0. The topological polar surface area (TPSA) is 12.9 Å². The van der Waals surface area contributed by atoms with E-state index in [-0.39, 0.29) is 5.41 Å². The van der Waals surface area contributed by atoms with Gasteiger partial charge in [-0.2, -0.15) is 0 Å². The number of aromatic nitrogens is 1. The van der Waals surface area contributed by atoms with Gasteiger partial charge < -0.3 is 0 Å². The highest BCUT2D eigenvalue weighted by Gasteiger charge is 2.53. The van der Waals surface area contributed by atoms with Crippen LogP contribution in [0.1, 0.15) is 47.2 Å². The second kappa shape index (κ2) is 13.3. The van der Waals surface area contributed by atoms with Crippen molar-refractivity contribution in [1.82, 2.24) is 4.98 Å². The smallest absolute Gasteiger partial charge is 0.0719 e. The van der Waals surface area contributed by atoms with E-state index < -0.39 is 5.41 Å². The Bertz CT molecular complexity index is 2900. The Kier molecular flexibility index (Phi) is 7.81. The van der Waals surface area contributed by atoms with Gasteiger partial charge in [0.25, 0.3) is 0 Å². The quantitative estimate of drug-likeness (QED) is 0.171. The molecule has 0 bridgehead atoms. The Balaban J connectivity index is 1.02. The molecule has 8 aromatic carbocycles. The molecule has 2 aliphatic carbocycles. The van der Waals surface area contributed by atoms with Gasteiger partial charge in [0.15, 0.2) is 0 Å². The van der Waals surface area contributed by atoms with Crippen LogP contribution in [-0.2, 0) is 10.8 Å². The van der Waals surface area contributed by atoms with E-state index in [0.29, 0.717) is 0 Å². The summed E-state index contributed by atoms with van der Waals surface area (Å²) in [6.45, 7) is 4.76. The Labute approximate surface area is 341 Å². The first-order valence-corrected chi connectivity index (χ1v) is 20.3. The third kappa shape index (κ3) is 5.13. The summed E-state index contributed by atoms with van der Waals surface area (Å²) in [5, 5.41) is 0. The monoisotopic (exact) mass is 739 g/mol. The van der Waals surface area contributed by atoms with Crippen LogP contribution < -0.4 is 0 Å². The molecule has 2 aliphatic rings. The van der Waals surface area contributed by atoms with Gasteiger partial charge in [0.1, 0.15) is 0 Å². The van der Waals surface area contributed by atoms with Crippen molar-refractivity contribution in [3.63, 3.8) is 0 Å². The van der Waals surface area contributed by atoms with E-state index in [1.165, 1.54) is 66.8 Å². The average molecular weight is 740 g/mol. The molecule has 0 fully saturated rings. The van der Waals surface area contributed by atoms with Gasteiger partial charge in [0, 0.05) is 16.5 Å². The molecule has 1 spiro atoms. The number of nitrogens with zero attached hydrogens (tertiary/aromatic N) is 1. The maximum atomic E-state index is 5.21. The molecule has 1 nitrogen and oxygen atoms in total. The van der Waals surface area contributed by atoms with E-state index in [9.17, 15) is 0 Å². The zero-order chi connectivity index (χ0) is 38.8. The molecule has 0 unspecified atom stereocenters. The van der Waals surface area contributed by atoms with E-state index in [1.54, 1.807) is 0 Å². The largest absolute Gasteiger partial charge is 0.248 e. The summed E-state index contributed by atoms with van der Waals surface area (Å²) >= 11 is 0. The average Bonchev–Trinajstić information content (AvgIpc) is 3.60. The van der Waals surface area contributed by atoms with E-state index in [0.717, 1.165) is 33.6 Å². The highest BCUT2D eigenvalue weighted by atomic mass is 14.7. The standard InChI is InChI=1S/C57H41N/c1-56(2)48-26-11-13-28-50(48)57(51-29-14-12-27-49(51)56)47-25-10-9-23-46(47)55-45(24-16-30-52(55)57)40-33-31-39(32-34-40)42-21-15-22-43(35-42)54-37-44(38-17-5-3-6-18-38)36-53(58-54)41-19-7-4-8-20-41/h3-37H,1-2H3.